The van der Waals surface area contributed by atoms with Crippen LogP contribution in [0.5, 0.6) is 11.5 Å². The van der Waals surface area contributed by atoms with Gasteiger partial charge in [0.2, 0.25) is 0 Å². The third-order valence-corrected chi connectivity index (χ3v) is 6.00. The van der Waals surface area contributed by atoms with Crippen LogP contribution in [0.15, 0.2) is 73.7 Å². The molecular weight excluding hydrogens is 386 g/mol. The zero-order valence-corrected chi connectivity index (χ0v) is 17.0. The quantitative estimate of drug-likeness (QED) is 0.626. The lowest BCUT2D eigenvalue weighted by Crippen LogP contribution is -2.17. The summed E-state index contributed by atoms with van der Waals surface area (Å²) in [5.74, 6) is 1.08. The number of para-hydroxylation sites is 1. The van der Waals surface area contributed by atoms with Crippen molar-refractivity contribution >= 4 is 23.2 Å². The predicted octanol–water partition coefficient (Wildman–Crippen LogP) is 5.41. The van der Waals surface area contributed by atoms with E-state index in [1.54, 1.807) is 18.7 Å². The van der Waals surface area contributed by atoms with Gasteiger partial charge in [0.25, 0.3) is 0 Å². The number of aryl methyl sites for hydroxylation is 1. The van der Waals surface area contributed by atoms with Gasteiger partial charge in [-0.25, -0.2) is 4.79 Å². The van der Waals surface area contributed by atoms with Crippen LogP contribution >= 0.6 is 11.8 Å². The second-order valence-corrected chi connectivity index (χ2v) is 7.99. The molecule has 148 valence electrons. The molecule has 1 aromatic heterocycles. The average molecular weight is 407 g/mol. The highest BCUT2D eigenvalue weighted by atomic mass is 32.2. The van der Waals surface area contributed by atoms with Crippen molar-refractivity contribution in [3.8, 4) is 11.5 Å². The van der Waals surface area contributed by atoms with Crippen LogP contribution < -0.4 is 10.4 Å². The van der Waals surface area contributed by atoms with Gasteiger partial charge in [-0.1, -0.05) is 24.3 Å². The van der Waals surface area contributed by atoms with Crippen molar-refractivity contribution in [3.05, 3.63) is 81.9 Å². The van der Waals surface area contributed by atoms with E-state index in [1.807, 2.05) is 55.5 Å². The molecule has 2 heterocycles. The first-order chi connectivity index (χ1) is 14.0. The van der Waals surface area contributed by atoms with Gasteiger partial charge in [0.15, 0.2) is 0 Å². The van der Waals surface area contributed by atoms with Crippen LogP contribution in [-0.4, -0.2) is 17.4 Å². The summed E-state index contributed by atoms with van der Waals surface area (Å²) in [4.78, 5) is 18.3. The first-order valence-corrected chi connectivity index (χ1v) is 10.3. The fraction of sp³-hybridized carbons (Fsp3) is 0.217. The van der Waals surface area contributed by atoms with Crippen molar-refractivity contribution in [1.29, 1.82) is 0 Å². The fourth-order valence-corrected chi connectivity index (χ4v) is 4.59. The zero-order chi connectivity index (χ0) is 20.4. The van der Waals surface area contributed by atoms with E-state index < -0.39 is 5.63 Å². The second kappa shape index (κ2) is 8.17. The molecule has 6 heteroatoms. The van der Waals surface area contributed by atoms with Gasteiger partial charge in [0, 0.05) is 22.6 Å². The van der Waals surface area contributed by atoms with Gasteiger partial charge in [-0.2, -0.15) is 0 Å². The minimum atomic E-state index is -0.573. The molecule has 5 nitrogen and oxygen atoms in total. The van der Waals surface area contributed by atoms with E-state index in [4.69, 9.17) is 14.1 Å². The SMILES string of the molecule is CCOc1ccc([C@@H]2CC(c3c(O)cc(C)oc3=O)=Nc3ccccc3S2)cc1. The van der Waals surface area contributed by atoms with Gasteiger partial charge in [-0.05, 0) is 43.7 Å². The van der Waals surface area contributed by atoms with E-state index in [-0.39, 0.29) is 16.6 Å². The van der Waals surface area contributed by atoms with E-state index >= 15 is 0 Å². The van der Waals surface area contributed by atoms with Gasteiger partial charge >= 0.3 is 5.63 Å². The van der Waals surface area contributed by atoms with E-state index in [0.717, 1.165) is 21.9 Å². The molecule has 0 radical (unpaired) electrons. The van der Waals surface area contributed by atoms with Crippen molar-refractivity contribution < 1.29 is 14.3 Å². The molecule has 1 atom stereocenters. The minimum absolute atomic E-state index is 0.0215. The standard InChI is InChI=1S/C23H21NO4S/c1-3-27-16-10-8-15(9-11-16)21-13-18(22-19(25)12-14(2)28-23(22)26)24-17-6-4-5-7-20(17)29-21/h4-12,21,25H,3,13H2,1-2H3/t21-/m0/s1. The van der Waals surface area contributed by atoms with Crippen LogP contribution in [0.1, 0.15) is 35.5 Å². The van der Waals surface area contributed by atoms with E-state index in [1.165, 1.54) is 6.07 Å². The monoisotopic (exact) mass is 407 g/mol. The summed E-state index contributed by atoms with van der Waals surface area (Å²) in [5.41, 5.74) is 1.95. The number of ether oxygens (including phenoxy) is 1. The molecule has 4 rings (SSSR count). The molecule has 0 saturated carbocycles. The van der Waals surface area contributed by atoms with Crippen molar-refractivity contribution in [2.75, 3.05) is 6.61 Å². The van der Waals surface area contributed by atoms with Gasteiger partial charge in [-0.15, -0.1) is 11.8 Å². The highest BCUT2D eigenvalue weighted by Gasteiger charge is 2.26. The number of aromatic hydroxyl groups is 1. The van der Waals surface area contributed by atoms with Crippen molar-refractivity contribution in [1.82, 2.24) is 0 Å². The van der Waals surface area contributed by atoms with Gasteiger partial charge in [0.05, 0.1) is 18.0 Å². The van der Waals surface area contributed by atoms with Crippen LogP contribution in [-0.2, 0) is 0 Å². The lowest BCUT2D eigenvalue weighted by Gasteiger charge is -2.16. The Balaban J connectivity index is 1.79. The largest absolute Gasteiger partial charge is 0.507 e. The maximum atomic E-state index is 12.5. The summed E-state index contributed by atoms with van der Waals surface area (Å²) in [6.07, 6.45) is 0.481. The zero-order valence-electron chi connectivity index (χ0n) is 16.2. The lowest BCUT2D eigenvalue weighted by molar-refractivity contribution is 0.340. The Hall–Kier alpha value is -2.99. The Morgan fingerprint density at radius 3 is 2.69 bits per heavy atom. The minimum Gasteiger partial charge on any atom is -0.507 e. The number of hydrogen-bond acceptors (Lipinski definition) is 6. The number of thioether (sulfide) groups is 1. The Morgan fingerprint density at radius 2 is 1.97 bits per heavy atom. The topological polar surface area (TPSA) is 72.0 Å². The third kappa shape index (κ3) is 4.07. The van der Waals surface area contributed by atoms with Gasteiger partial charge < -0.3 is 14.3 Å². The molecule has 0 fully saturated rings. The van der Waals surface area contributed by atoms with Crippen LogP contribution in [0.2, 0.25) is 0 Å². The molecule has 1 N–H and O–H groups in total. The van der Waals surface area contributed by atoms with Crippen LogP contribution in [0, 0.1) is 6.92 Å². The van der Waals surface area contributed by atoms with Crippen molar-refractivity contribution in [2.24, 2.45) is 4.99 Å². The van der Waals surface area contributed by atoms with E-state index in [2.05, 4.69) is 0 Å². The molecule has 0 unspecified atom stereocenters. The number of nitrogens with zero attached hydrogens (tertiary/aromatic N) is 1. The number of hydrogen-bond donors (Lipinski definition) is 1. The summed E-state index contributed by atoms with van der Waals surface area (Å²) in [7, 11) is 0. The normalized spacial score (nSPS) is 15.9. The smallest absolute Gasteiger partial charge is 0.348 e. The average Bonchev–Trinajstić information content (AvgIpc) is 2.87. The highest BCUT2D eigenvalue weighted by Crippen LogP contribution is 2.46. The maximum Gasteiger partial charge on any atom is 0.348 e. The maximum absolute atomic E-state index is 12.5. The molecule has 3 aromatic rings. The van der Waals surface area contributed by atoms with Crippen LogP contribution in [0.3, 0.4) is 0 Å². The summed E-state index contributed by atoms with van der Waals surface area (Å²) in [6.45, 7) is 4.20. The van der Waals surface area contributed by atoms with E-state index in [9.17, 15) is 9.90 Å². The molecule has 0 bridgehead atoms. The first kappa shape index (κ1) is 19.3. The molecule has 29 heavy (non-hydrogen) atoms. The van der Waals surface area contributed by atoms with Crippen molar-refractivity contribution in [2.45, 2.75) is 30.4 Å². The third-order valence-electron chi connectivity index (χ3n) is 4.67. The molecule has 1 aliphatic heterocycles. The molecule has 0 saturated heterocycles. The fourth-order valence-electron chi connectivity index (χ4n) is 3.36. The van der Waals surface area contributed by atoms with Crippen LogP contribution in [0.4, 0.5) is 5.69 Å². The lowest BCUT2D eigenvalue weighted by atomic mass is 10.0. The van der Waals surface area contributed by atoms with Gasteiger partial charge in [0.1, 0.15) is 22.8 Å². The summed E-state index contributed by atoms with van der Waals surface area (Å²) >= 11 is 1.69. The number of benzene rings is 2. The molecular formula is C23H21NO4S. The summed E-state index contributed by atoms with van der Waals surface area (Å²) in [5, 5.41) is 10.5. The molecule has 1 aliphatic rings. The molecule has 0 aliphatic carbocycles. The number of fused-ring (bicyclic) bond motifs is 1. The van der Waals surface area contributed by atoms with E-state index in [0.29, 0.717) is 24.5 Å². The highest BCUT2D eigenvalue weighted by molar-refractivity contribution is 7.99. The number of aliphatic imine (C=N–C) groups is 1. The molecule has 0 amide bonds. The Kier molecular flexibility index (Phi) is 5.45. The number of rotatable bonds is 4. The second-order valence-electron chi connectivity index (χ2n) is 6.74. The van der Waals surface area contributed by atoms with Crippen molar-refractivity contribution in [3.63, 3.8) is 0 Å². The Labute approximate surface area is 173 Å². The predicted molar refractivity (Wildman–Crippen MR) is 115 cm³/mol. The molecule has 2 aromatic carbocycles. The summed E-state index contributed by atoms with van der Waals surface area (Å²) in [6, 6.07) is 17.2. The Bertz CT molecular complexity index is 1120. The molecule has 0 spiro atoms. The Morgan fingerprint density at radius 1 is 1.21 bits per heavy atom. The summed E-state index contributed by atoms with van der Waals surface area (Å²) < 4.78 is 10.8. The van der Waals surface area contributed by atoms with Crippen LogP contribution in [0.25, 0.3) is 0 Å². The first-order valence-electron chi connectivity index (χ1n) is 9.45. The van der Waals surface area contributed by atoms with Gasteiger partial charge in [-0.3, -0.25) is 4.99 Å².